The summed E-state index contributed by atoms with van der Waals surface area (Å²) in [4.78, 5) is 0. The first-order valence-electron chi connectivity index (χ1n) is 3.86. The minimum absolute atomic E-state index is 0.0882. The summed E-state index contributed by atoms with van der Waals surface area (Å²) in [5.41, 5.74) is 0.432. The van der Waals surface area contributed by atoms with Gasteiger partial charge >= 0.3 is 10.3 Å². The molecular formula is C8H6ClNO4S. The van der Waals surface area contributed by atoms with Gasteiger partial charge in [0.2, 0.25) is 11.0 Å². The summed E-state index contributed by atoms with van der Waals surface area (Å²) in [6, 6.07) is 6.68. The molecule has 0 aliphatic rings. The van der Waals surface area contributed by atoms with Crippen LogP contribution in [0.3, 0.4) is 0 Å². The molecule has 1 aromatic heterocycles. The van der Waals surface area contributed by atoms with Crippen LogP contribution >= 0.6 is 11.6 Å². The van der Waals surface area contributed by atoms with Crippen LogP contribution in [0, 0.1) is 0 Å². The van der Waals surface area contributed by atoms with Crippen molar-refractivity contribution in [1.29, 1.82) is 0 Å². The van der Waals surface area contributed by atoms with Crippen LogP contribution in [-0.2, 0) is 10.3 Å². The van der Waals surface area contributed by atoms with E-state index in [1.54, 1.807) is 24.3 Å². The predicted octanol–water partition coefficient (Wildman–Crippen LogP) is 1.67. The van der Waals surface area contributed by atoms with E-state index in [0.717, 1.165) is 0 Å². The monoisotopic (exact) mass is 247 g/mol. The van der Waals surface area contributed by atoms with Crippen molar-refractivity contribution >= 4 is 32.9 Å². The topological polar surface area (TPSA) is 82.5 Å². The molecule has 2 aromatic rings. The maximum absolute atomic E-state index is 10.7. The first kappa shape index (κ1) is 10.3. The third-order valence-electron chi connectivity index (χ3n) is 1.71. The second kappa shape index (κ2) is 3.41. The Morgan fingerprint density at radius 2 is 2.00 bits per heavy atom. The van der Waals surface area contributed by atoms with Gasteiger partial charge in [-0.15, -0.1) is 0 Å². The third-order valence-corrected chi connectivity index (χ3v) is 2.36. The van der Waals surface area contributed by atoms with Crippen molar-refractivity contribution in [1.82, 2.24) is 0 Å². The molecule has 1 aromatic carbocycles. The number of fused-ring (bicyclic) bond motifs is 1. The Balaban J connectivity index is 2.64. The van der Waals surface area contributed by atoms with Crippen LogP contribution in [0.5, 0.6) is 5.75 Å². The summed E-state index contributed by atoms with van der Waals surface area (Å²) in [6.07, 6.45) is 0. The van der Waals surface area contributed by atoms with E-state index < -0.39 is 10.3 Å². The highest BCUT2D eigenvalue weighted by molar-refractivity contribution is 7.84. The van der Waals surface area contributed by atoms with Crippen LogP contribution in [0.25, 0.3) is 11.0 Å². The Kier molecular flexibility index (Phi) is 2.34. The first-order chi connectivity index (χ1) is 6.97. The van der Waals surface area contributed by atoms with Gasteiger partial charge in [0.05, 0.1) is 5.39 Å². The number of nitrogens with two attached hydrogens (primary N) is 1. The number of furan rings is 1. The minimum atomic E-state index is -4.11. The molecule has 0 fully saturated rings. The van der Waals surface area contributed by atoms with Gasteiger partial charge < -0.3 is 8.60 Å². The molecule has 1 heterocycles. The molecule has 0 radical (unpaired) electrons. The van der Waals surface area contributed by atoms with E-state index in [9.17, 15) is 8.42 Å². The van der Waals surface area contributed by atoms with E-state index in [2.05, 4.69) is 4.18 Å². The minimum Gasteiger partial charge on any atom is -0.440 e. The van der Waals surface area contributed by atoms with Crippen molar-refractivity contribution in [2.75, 3.05) is 0 Å². The molecule has 0 unspecified atom stereocenters. The maximum atomic E-state index is 10.7. The summed E-state index contributed by atoms with van der Waals surface area (Å²) in [5.74, 6) is -0.0882. The molecule has 0 saturated carbocycles. The number of hydrogen-bond acceptors (Lipinski definition) is 4. The van der Waals surface area contributed by atoms with Crippen molar-refractivity contribution in [2.24, 2.45) is 5.14 Å². The highest BCUT2D eigenvalue weighted by Gasteiger charge is 2.17. The van der Waals surface area contributed by atoms with E-state index in [1.165, 1.54) is 0 Å². The Morgan fingerprint density at radius 1 is 1.33 bits per heavy atom. The lowest BCUT2D eigenvalue weighted by Crippen LogP contribution is -2.18. The number of hydrogen-bond donors (Lipinski definition) is 1. The summed E-state index contributed by atoms with van der Waals surface area (Å²) >= 11 is 5.66. The molecule has 0 bridgehead atoms. The molecule has 0 atom stereocenters. The molecule has 0 spiro atoms. The maximum Gasteiger partial charge on any atom is 0.380 e. The van der Waals surface area contributed by atoms with Crippen molar-refractivity contribution in [3.63, 3.8) is 0 Å². The second-order valence-electron chi connectivity index (χ2n) is 2.78. The molecule has 0 amide bonds. The normalized spacial score (nSPS) is 11.9. The average Bonchev–Trinajstić information content (AvgIpc) is 2.41. The highest BCUT2D eigenvalue weighted by Crippen LogP contribution is 2.36. The first-order valence-corrected chi connectivity index (χ1v) is 5.71. The van der Waals surface area contributed by atoms with Gasteiger partial charge in [-0.1, -0.05) is 12.1 Å². The van der Waals surface area contributed by atoms with E-state index in [0.29, 0.717) is 11.0 Å². The van der Waals surface area contributed by atoms with E-state index in [-0.39, 0.29) is 11.0 Å². The fourth-order valence-electron chi connectivity index (χ4n) is 1.19. The van der Waals surface area contributed by atoms with Crippen molar-refractivity contribution in [3.8, 4) is 5.75 Å². The smallest absolute Gasteiger partial charge is 0.380 e. The standard InChI is InChI=1S/C8H6ClNO4S/c9-8-7(14-15(10,11)12)5-3-1-2-4-6(5)13-8/h1-4H,(H2,10,11,12). The molecule has 80 valence electrons. The second-order valence-corrected chi connectivity index (χ2v) is 4.27. The average molecular weight is 248 g/mol. The van der Waals surface area contributed by atoms with Gasteiger partial charge in [-0.3, -0.25) is 0 Å². The highest BCUT2D eigenvalue weighted by atomic mass is 35.5. The van der Waals surface area contributed by atoms with Crippen LogP contribution < -0.4 is 9.32 Å². The lowest BCUT2D eigenvalue weighted by Gasteiger charge is -1.98. The zero-order chi connectivity index (χ0) is 11.1. The Bertz CT molecular complexity index is 604. The van der Waals surface area contributed by atoms with Crippen molar-refractivity contribution in [3.05, 3.63) is 29.5 Å². The van der Waals surface area contributed by atoms with Crippen LogP contribution in [-0.4, -0.2) is 8.42 Å². The van der Waals surface area contributed by atoms with Crippen molar-refractivity contribution < 1.29 is 17.0 Å². The van der Waals surface area contributed by atoms with E-state index in [1.807, 2.05) is 0 Å². The van der Waals surface area contributed by atoms with Gasteiger partial charge in [-0.2, -0.15) is 13.6 Å². The molecule has 2 N–H and O–H groups in total. The number of para-hydroxylation sites is 1. The lowest BCUT2D eigenvalue weighted by atomic mass is 10.2. The summed E-state index contributed by atoms with van der Waals surface area (Å²) in [6.45, 7) is 0. The number of halogens is 1. The lowest BCUT2D eigenvalue weighted by molar-refractivity contribution is 0.482. The Labute approximate surface area is 90.6 Å². The molecular weight excluding hydrogens is 242 g/mol. The van der Waals surface area contributed by atoms with Crippen LogP contribution in [0.2, 0.25) is 5.22 Å². The predicted molar refractivity (Wildman–Crippen MR) is 55.0 cm³/mol. The molecule has 7 heteroatoms. The largest absolute Gasteiger partial charge is 0.440 e. The number of benzene rings is 1. The van der Waals surface area contributed by atoms with Gasteiger partial charge in [-0.25, -0.2) is 0 Å². The molecule has 15 heavy (non-hydrogen) atoms. The fourth-order valence-corrected chi connectivity index (χ4v) is 1.85. The Hall–Kier alpha value is -1.24. The molecule has 0 aliphatic heterocycles. The van der Waals surface area contributed by atoms with Gasteiger partial charge in [0.1, 0.15) is 5.58 Å². The van der Waals surface area contributed by atoms with E-state index in [4.69, 9.17) is 21.2 Å². The van der Waals surface area contributed by atoms with Crippen LogP contribution in [0.1, 0.15) is 0 Å². The zero-order valence-corrected chi connectivity index (χ0v) is 8.88. The third kappa shape index (κ3) is 2.06. The molecule has 0 aliphatic carbocycles. The molecule has 2 rings (SSSR count). The van der Waals surface area contributed by atoms with E-state index >= 15 is 0 Å². The molecule has 0 saturated heterocycles. The van der Waals surface area contributed by atoms with Gasteiger partial charge in [0, 0.05) is 0 Å². The van der Waals surface area contributed by atoms with Crippen LogP contribution in [0.4, 0.5) is 0 Å². The Morgan fingerprint density at radius 3 is 2.67 bits per heavy atom. The molecule has 5 nitrogen and oxygen atoms in total. The summed E-state index contributed by atoms with van der Waals surface area (Å²) in [5, 5.41) is 5.04. The van der Waals surface area contributed by atoms with Gasteiger partial charge in [-0.05, 0) is 23.7 Å². The van der Waals surface area contributed by atoms with Crippen LogP contribution in [0.15, 0.2) is 28.7 Å². The number of rotatable bonds is 2. The summed E-state index contributed by atoms with van der Waals surface area (Å²) < 4.78 is 31.1. The summed E-state index contributed by atoms with van der Waals surface area (Å²) in [7, 11) is -4.11. The quantitative estimate of drug-likeness (QED) is 0.875. The van der Waals surface area contributed by atoms with Gasteiger partial charge in [0.15, 0.2) is 0 Å². The fraction of sp³-hybridized carbons (Fsp3) is 0. The zero-order valence-electron chi connectivity index (χ0n) is 7.31. The SMILES string of the molecule is NS(=O)(=O)Oc1c(Cl)oc2ccccc12. The van der Waals surface area contributed by atoms with Crippen molar-refractivity contribution in [2.45, 2.75) is 0 Å². The van der Waals surface area contributed by atoms with Gasteiger partial charge in [0.25, 0.3) is 0 Å².